The Bertz CT molecular complexity index is 258. The molecule has 14 heavy (non-hydrogen) atoms. The summed E-state index contributed by atoms with van der Waals surface area (Å²) in [6.45, 7) is 3.35. The molecule has 0 aliphatic carbocycles. The van der Waals surface area contributed by atoms with Crippen LogP contribution >= 0.6 is 0 Å². The summed E-state index contributed by atoms with van der Waals surface area (Å²) in [7, 11) is 2.16. The molecule has 1 aromatic rings. The van der Waals surface area contributed by atoms with Crippen LogP contribution in [0.5, 0.6) is 0 Å². The Morgan fingerprint density at radius 3 is 3.29 bits per heavy atom. The Morgan fingerprint density at radius 2 is 2.64 bits per heavy atom. The predicted molar refractivity (Wildman–Crippen MR) is 54.0 cm³/mol. The van der Waals surface area contributed by atoms with E-state index in [1.165, 1.54) is 13.0 Å². The number of likely N-dealkylation sites (tertiary alicyclic amines) is 1. The first kappa shape index (κ1) is 9.61. The van der Waals surface area contributed by atoms with Crippen molar-refractivity contribution in [1.82, 2.24) is 25.4 Å². The Labute approximate surface area is 83.9 Å². The minimum Gasteiger partial charge on any atom is -0.312 e. The van der Waals surface area contributed by atoms with Crippen LogP contribution in [-0.2, 0) is 6.42 Å². The van der Waals surface area contributed by atoms with Crippen molar-refractivity contribution in [3.8, 4) is 0 Å². The molecule has 78 valence electrons. The largest absolute Gasteiger partial charge is 0.312 e. The van der Waals surface area contributed by atoms with Crippen LogP contribution in [0.1, 0.15) is 12.2 Å². The van der Waals surface area contributed by atoms with E-state index in [1.807, 2.05) is 0 Å². The van der Waals surface area contributed by atoms with E-state index in [0.717, 1.165) is 25.3 Å². The van der Waals surface area contributed by atoms with Crippen LogP contribution in [0.2, 0.25) is 0 Å². The Balaban J connectivity index is 1.64. The zero-order chi connectivity index (χ0) is 9.80. The third-order valence-electron chi connectivity index (χ3n) is 2.65. The lowest BCUT2D eigenvalue weighted by Gasteiger charge is -2.11. The zero-order valence-corrected chi connectivity index (χ0v) is 8.53. The molecular weight excluding hydrogens is 178 g/mol. The molecule has 0 saturated carbocycles. The van der Waals surface area contributed by atoms with Crippen LogP contribution in [0.4, 0.5) is 0 Å². The SMILES string of the molecule is CN1CCC(NCCc2ncn[nH]2)C1. The molecule has 1 atom stereocenters. The van der Waals surface area contributed by atoms with E-state index in [0.29, 0.717) is 6.04 Å². The third-order valence-corrected chi connectivity index (χ3v) is 2.65. The highest BCUT2D eigenvalue weighted by Crippen LogP contribution is 2.05. The molecule has 2 rings (SSSR count). The van der Waals surface area contributed by atoms with Crippen molar-refractivity contribution < 1.29 is 0 Å². The highest BCUT2D eigenvalue weighted by molar-refractivity contribution is 4.83. The van der Waals surface area contributed by atoms with Crippen LogP contribution in [-0.4, -0.2) is 52.8 Å². The number of nitrogens with one attached hydrogen (secondary N) is 2. The lowest BCUT2D eigenvalue weighted by Crippen LogP contribution is -2.33. The van der Waals surface area contributed by atoms with Gasteiger partial charge in [-0.1, -0.05) is 0 Å². The number of nitrogens with zero attached hydrogens (tertiary/aromatic N) is 3. The van der Waals surface area contributed by atoms with Gasteiger partial charge in [0.15, 0.2) is 0 Å². The number of hydrogen-bond acceptors (Lipinski definition) is 4. The molecule has 1 fully saturated rings. The van der Waals surface area contributed by atoms with Crippen LogP contribution in [0.15, 0.2) is 6.33 Å². The van der Waals surface area contributed by atoms with Crippen LogP contribution in [0.3, 0.4) is 0 Å². The second-order valence-electron chi connectivity index (χ2n) is 3.88. The van der Waals surface area contributed by atoms with Gasteiger partial charge in [0.05, 0.1) is 0 Å². The van der Waals surface area contributed by atoms with Gasteiger partial charge in [0, 0.05) is 25.6 Å². The molecule has 0 radical (unpaired) electrons. The maximum Gasteiger partial charge on any atom is 0.137 e. The summed E-state index contributed by atoms with van der Waals surface area (Å²) in [6.07, 6.45) is 3.74. The fourth-order valence-electron chi connectivity index (χ4n) is 1.85. The van der Waals surface area contributed by atoms with Gasteiger partial charge in [-0.3, -0.25) is 5.10 Å². The Hall–Kier alpha value is -0.940. The molecule has 0 aromatic carbocycles. The lowest BCUT2D eigenvalue weighted by molar-refractivity contribution is 0.398. The average molecular weight is 195 g/mol. The van der Waals surface area contributed by atoms with Gasteiger partial charge in [0.2, 0.25) is 0 Å². The first-order valence-electron chi connectivity index (χ1n) is 5.11. The van der Waals surface area contributed by atoms with Gasteiger partial charge >= 0.3 is 0 Å². The summed E-state index contributed by atoms with van der Waals surface area (Å²) in [6, 6.07) is 0.655. The molecule has 1 unspecified atom stereocenters. The number of hydrogen-bond donors (Lipinski definition) is 2. The first-order chi connectivity index (χ1) is 6.84. The van der Waals surface area contributed by atoms with Gasteiger partial charge in [-0.05, 0) is 20.0 Å². The summed E-state index contributed by atoms with van der Waals surface area (Å²) < 4.78 is 0. The topological polar surface area (TPSA) is 56.8 Å². The van der Waals surface area contributed by atoms with Crippen molar-refractivity contribution in [2.75, 3.05) is 26.7 Å². The number of aromatic nitrogens is 3. The quantitative estimate of drug-likeness (QED) is 0.689. The van der Waals surface area contributed by atoms with Crippen LogP contribution in [0, 0.1) is 0 Å². The van der Waals surface area contributed by atoms with E-state index < -0.39 is 0 Å². The van der Waals surface area contributed by atoms with Gasteiger partial charge in [-0.2, -0.15) is 5.10 Å². The molecule has 0 amide bonds. The minimum absolute atomic E-state index is 0.655. The number of likely N-dealkylation sites (N-methyl/N-ethyl adjacent to an activating group) is 1. The summed E-state index contributed by atoms with van der Waals surface area (Å²) in [5.74, 6) is 0.962. The maximum atomic E-state index is 4.08. The van der Waals surface area contributed by atoms with Crippen molar-refractivity contribution in [2.45, 2.75) is 18.9 Å². The molecule has 2 N–H and O–H groups in total. The van der Waals surface area contributed by atoms with Gasteiger partial charge in [-0.25, -0.2) is 4.98 Å². The number of aromatic amines is 1. The van der Waals surface area contributed by atoms with E-state index in [2.05, 4.69) is 32.4 Å². The summed E-state index contributed by atoms with van der Waals surface area (Å²) in [5, 5.41) is 10.2. The standard InChI is InChI=1S/C9H17N5/c1-14-5-3-8(6-14)10-4-2-9-11-7-12-13-9/h7-8,10H,2-6H2,1H3,(H,11,12,13). The average Bonchev–Trinajstić information content (AvgIpc) is 2.77. The van der Waals surface area contributed by atoms with E-state index in [1.54, 1.807) is 6.33 Å². The maximum absolute atomic E-state index is 4.08. The fourth-order valence-corrected chi connectivity index (χ4v) is 1.85. The van der Waals surface area contributed by atoms with E-state index in [-0.39, 0.29) is 0 Å². The normalized spacial score (nSPS) is 23.1. The second-order valence-corrected chi connectivity index (χ2v) is 3.88. The molecule has 1 aromatic heterocycles. The van der Waals surface area contributed by atoms with Gasteiger partial charge in [0.1, 0.15) is 12.2 Å². The smallest absolute Gasteiger partial charge is 0.137 e. The van der Waals surface area contributed by atoms with Gasteiger partial charge in [-0.15, -0.1) is 0 Å². The third kappa shape index (κ3) is 2.52. The van der Waals surface area contributed by atoms with Crippen molar-refractivity contribution >= 4 is 0 Å². The van der Waals surface area contributed by atoms with Gasteiger partial charge < -0.3 is 10.2 Å². The van der Waals surface area contributed by atoms with Crippen molar-refractivity contribution in [3.63, 3.8) is 0 Å². The van der Waals surface area contributed by atoms with Gasteiger partial charge in [0.25, 0.3) is 0 Å². The van der Waals surface area contributed by atoms with E-state index in [4.69, 9.17) is 0 Å². The number of H-pyrrole nitrogens is 1. The Kier molecular flexibility index (Phi) is 3.10. The zero-order valence-electron chi connectivity index (χ0n) is 8.53. The molecule has 1 aliphatic heterocycles. The fraction of sp³-hybridized carbons (Fsp3) is 0.778. The van der Waals surface area contributed by atoms with Crippen molar-refractivity contribution in [1.29, 1.82) is 0 Å². The second kappa shape index (κ2) is 4.52. The Morgan fingerprint density at radius 1 is 1.71 bits per heavy atom. The van der Waals surface area contributed by atoms with E-state index >= 15 is 0 Å². The van der Waals surface area contributed by atoms with Crippen LogP contribution in [0.25, 0.3) is 0 Å². The lowest BCUT2D eigenvalue weighted by atomic mass is 10.2. The molecule has 2 heterocycles. The molecule has 5 nitrogen and oxygen atoms in total. The van der Waals surface area contributed by atoms with Crippen LogP contribution < -0.4 is 5.32 Å². The first-order valence-corrected chi connectivity index (χ1v) is 5.11. The summed E-state index contributed by atoms with van der Waals surface area (Å²) >= 11 is 0. The molecule has 5 heteroatoms. The molecule has 1 saturated heterocycles. The summed E-state index contributed by atoms with van der Waals surface area (Å²) in [4.78, 5) is 6.43. The molecule has 0 spiro atoms. The monoisotopic (exact) mass is 195 g/mol. The van der Waals surface area contributed by atoms with E-state index in [9.17, 15) is 0 Å². The van der Waals surface area contributed by atoms with Crippen molar-refractivity contribution in [3.05, 3.63) is 12.2 Å². The molecule has 1 aliphatic rings. The molecule has 0 bridgehead atoms. The predicted octanol–water partition coefficient (Wildman–Crippen LogP) is -0.359. The molecular formula is C9H17N5. The number of rotatable bonds is 4. The summed E-state index contributed by atoms with van der Waals surface area (Å²) in [5.41, 5.74) is 0. The minimum atomic E-state index is 0.655. The highest BCUT2D eigenvalue weighted by Gasteiger charge is 2.18. The van der Waals surface area contributed by atoms with Crippen molar-refractivity contribution in [2.24, 2.45) is 0 Å². The highest BCUT2D eigenvalue weighted by atomic mass is 15.2.